The van der Waals surface area contributed by atoms with Crippen molar-refractivity contribution in [1.82, 2.24) is 4.90 Å². The number of hydrogen-bond acceptors (Lipinski definition) is 6. The molecule has 43 heavy (non-hydrogen) atoms. The van der Waals surface area contributed by atoms with Crippen LogP contribution in [0.25, 0.3) is 0 Å². The van der Waals surface area contributed by atoms with Crippen LogP contribution < -0.4 is 19.5 Å². The van der Waals surface area contributed by atoms with Crippen molar-refractivity contribution in [1.29, 1.82) is 0 Å². The number of carbonyl (C=O) groups excluding carboxylic acids is 1. The van der Waals surface area contributed by atoms with Gasteiger partial charge in [-0.25, -0.2) is 4.39 Å². The van der Waals surface area contributed by atoms with E-state index < -0.39 is 29.7 Å². The topological polar surface area (TPSA) is 97.3 Å². The largest absolute Gasteiger partial charge is 0.490 e. The molecule has 3 atom stereocenters. The molecule has 0 radical (unpaired) electrons. The smallest absolute Gasteiger partial charge is 0.309 e. The number of fused-ring (bicyclic) bond motifs is 1. The van der Waals surface area contributed by atoms with E-state index >= 15 is 0 Å². The molecule has 6 rings (SSSR count). The second kappa shape index (κ2) is 12.1. The minimum Gasteiger partial charge on any atom is -0.490 e. The van der Waals surface area contributed by atoms with Crippen LogP contribution >= 0.6 is 11.6 Å². The number of amides is 1. The Morgan fingerprint density at radius 1 is 1.05 bits per heavy atom. The van der Waals surface area contributed by atoms with Crippen LogP contribution in [0.15, 0.2) is 48.5 Å². The fourth-order valence-corrected chi connectivity index (χ4v) is 6.52. The number of carbonyl (C=O) groups is 2. The highest BCUT2D eigenvalue weighted by molar-refractivity contribution is 6.30. The summed E-state index contributed by atoms with van der Waals surface area (Å²) in [5.41, 5.74) is 3.82. The van der Waals surface area contributed by atoms with E-state index in [-0.39, 0.29) is 43.4 Å². The van der Waals surface area contributed by atoms with Crippen LogP contribution in [0.4, 0.5) is 10.1 Å². The van der Waals surface area contributed by atoms with Crippen molar-refractivity contribution in [3.63, 3.8) is 0 Å². The Morgan fingerprint density at radius 3 is 2.37 bits per heavy atom. The highest BCUT2D eigenvalue weighted by atomic mass is 35.5. The predicted octanol–water partition coefficient (Wildman–Crippen LogP) is 6.35. The van der Waals surface area contributed by atoms with E-state index in [1.165, 1.54) is 6.07 Å². The SMILES string of the molecule is CCc1cc(Cl)cc(CC)c1NC(=O)CN1C[C@H](c2cc(F)c3c(c2)OCO3)[C@@H](C(=O)O)[C@@H]1c1ccc(OC2CC2)cc1. The summed E-state index contributed by atoms with van der Waals surface area (Å²) in [6, 6.07) is 13.4. The van der Waals surface area contributed by atoms with Gasteiger partial charge in [0.05, 0.1) is 18.6 Å². The van der Waals surface area contributed by atoms with Gasteiger partial charge in [0.15, 0.2) is 11.6 Å². The fraction of sp³-hybridized carbons (Fsp3) is 0.394. The maximum absolute atomic E-state index is 15.0. The van der Waals surface area contributed by atoms with Crippen LogP contribution in [0, 0.1) is 11.7 Å². The first kappa shape index (κ1) is 29.3. The Balaban J connectivity index is 1.34. The van der Waals surface area contributed by atoms with Crippen molar-refractivity contribution < 1.29 is 33.3 Å². The quantitative estimate of drug-likeness (QED) is 0.277. The molecule has 2 fully saturated rings. The maximum Gasteiger partial charge on any atom is 0.309 e. The molecular formula is C33H34ClFN2O6. The minimum atomic E-state index is -1.03. The van der Waals surface area contributed by atoms with E-state index in [9.17, 15) is 19.1 Å². The Hall–Kier alpha value is -3.82. The summed E-state index contributed by atoms with van der Waals surface area (Å²) >= 11 is 6.32. The van der Waals surface area contributed by atoms with Gasteiger partial charge in [-0.15, -0.1) is 0 Å². The van der Waals surface area contributed by atoms with Crippen LogP contribution in [0.3, 0.4) is 0 Å². The molecular weight excluding hydrogens is 575 g/mol. The number of nitrogens with zero attached hydrogens (tertiary/aromatic N) is 1. The van der Waals surface area contributed by atoms with Crippen molar-refractivity contribution in [2.24, 2.45) is 5.92 Å². The molecule has 3 aromatic carbocycles. The molecule has 226 valence electrons. The average Bonchev–Trinajstić information content (AvgIpc) is 3.52. The van der Waals surface area contributed by atoms with Crippen molar-refractivity contribution >= 4 is 29.2 Å². The Morgan fingerprint density at radius 2 is 1.74 bits per heavy atom. The van der Waals surface area contributed by atoms with Crippen LogP contribution in [0.2, 0.25) is 5.02 Å². The first-order chi connectivity index (χ1) is 20.7. The lowest BCUT2D eigenvalue weighted by Crippen LogP contribution is -2.35. The molecule has 1 aliphatic carbocycles. The lowest BCUT2D eigenvalue weighted by Gasteiger charge is -2.27. The van der Waals surface area contributed by atoms with Crippen molar-refractivity contribution in [3.05, 3.63) is 81.6 Å². The number of carboxylic acids is 1. The second-order valence-electron chi connectivity index (χ2n) is 11.3. The molecule has 10 heteroatoms. The Labute approximate surface area is 254 Å². The van der Waals surface area contributed by atoms with Crippen molar-refractivity contribution in [2.75, 3.05) is 25.2 Å². The van der Waals surface area contributed by atoms with Gasteiger partial charge in [0.2, 0.25) is 18.4 Å². The van der Waals surface area contributed by atoms with Gasteiger partial charge in [-0.3, -0.25) is 14.5 Å². The van der Waals surface area contributed by atoms with Gasteiger partial charge in [-0.2, -0.15) is 0 Å². The van der Waals surface area contributed by atoms with E-state index in [1.54, 1.807) is 6.07 Å². The minimum absolute atomic E-state index is 0.0223. The fourth-order valence-electron chi connectivity index (χ4n) is 6.26. The number of nitrogens with one attached hydrogen (secondary N) is 1. The highest BCUT2D eigenvalue weighted by Crippen LogP contribution is 2.48. The molecule has 8 nitrogen and oxygen atoms in total. The molecule has 0 aromatic heterocycles. The molecule has 3 aromatic rings. The number of likely N-dealkylation sites (tertiary alicyclic amines) is 1. The molecule has 2 N–H and O–H groups in total. The second-order valence-corrected chi connectivity index (χ2v) is 11.8. The predicted molar refractivity (Wildman–Crippen MR) is 160 cm³/mol. The number of aliphatic carboxylic acids is 1. The molecule has 1 saturated heterocycles. The zero-order chi connectivity index (χ0) is 30.2. The van der Waals surface area contributed by atoms with E-state index in [2.05, 4.69) is 5.32 Å². The molecule has 3 aliphatic rings. The van der Waals surface area contributed by atoms with Crippen molar-refractivity contribution in [3.8, 4) is 17.2 Å². The Bertz CT molecular complexity index is 1520. The number of rotatable bonds is 10. The molecule has 2 heterocycles. The van der Waals surface area contributed by atoms with Gasteiger partial charge in [-0.05, 0) is 84.3 Å². The summed E-state index contributed by atoms with van der Waals surface area (Å²) in [7, 11) is 0. The van der Waals surface area contributed by atoms with Crippen LogP contribution in [0.1, 0.15) is 60.9 Å². The standard InChI is InChI=1S/C33H34ClFN2O6/c1-3-18-11-22(34)12-19(4-2)30(18)36-28(38)16-37-15-25(21-13-26(35)32-27(14-21)41-17-42-32)29(33(39)40)31(37)20-5-7-23(8-6-20)43-24-9-10-24/h5-8,11-14,24-25,29,31H,3-4,9-10,15-17H2,1-2H3,(H,36,38)(H,39,40)/t25-,29-,31+/m1/s1. The highest BCUT2D eigenvalue weighted by Gasteiger charge is 2.48. The third-order valence-electron chi connectivity index (χ3n) is 8.45. The van der Waals surface area contributed by atoms with Gasteiger partial charge in [0.25, 0.3) is 0 Å². The summed E-state index contributed by atoms with van der Waals surface area (Å²) in [5, 5.41) is 14.3. The molecule has 1 saturated carbocycles. The average molecular weight is 609 g/mol. The first-order valence-electron chi connectivity index (χ1n) is 14.7. The van der Waals surface area contributed by atoms with Crippen LogP contribution in [0.5, 0.6) is 17.2 Å². The zero-order valence-electron chi connectivity index (χ0n) is 24.1. The molecule has 0 spiro atoms. The summed E-state index contributed by atoms with van der Waals surface area (Å²) in [6.45, 7) is 4.06. The number of aryl methyl sites for hydroxylation is 2. The normalized spacial score (nSPS) is 21.2. The summed E-state index contributed by atoms with van der Waals surface area (Å²) < 4.78 is 31.5. The Kier molecular flexibility index (Phi) is 8.20. The first-order valence-corrected chi connectivity index (χ1v) is 15.1. The number of carboxylic acid groups (broad SMARTS) is 1. The summed E-state index contributed by atoms with van der Waals surface area (Å²) in [5.74, 6) is -2.50. The van der Waals surface area contributed by atoms with Gasteiger partial charge in [0.1, 0.15) is 5.75 Å². The zero-order valence-corrected chi connectivity index (χ0v) is 24.8. The molecule has 0 unspecified atom stereocenters. The number of halogens is 2. The van der Waals surface area contributed by atoms with Crippen molar-refractivity contribution in [2.45, 2.75) is 57.6 Å². The molecule has 1 amide bonds. The number of hydrogen-bond donors (Lipinski definition) is 2. The third kappa shape index (κ3) is 6.01. The third-order valence-corrected chi connectivity index (χ3v) is 8.67. The summed E-state index contributed by atoms with van der Waals surface area (Å²) in [4.78, 5) is 28.4. The van der Waals surface area contributed by atoms with E-state index in [4.69, 9.17) is 25.8 Å². The summed E-state index contributed by atoms with van der Waals surface area (Å²) in [6.07, 6.45) is 3.64. The van der Waals surface area contributed by atoms with Gasteiger partial charge in [0, 0.05) is 29.2 Å². The molecule has 0 bridgehead atoms. The van der Waals surface area contributed by atoms with Gasteiger partial charge >= 0.3 is 5.97 Å². The van der Waals surface area contributed by atoms with Crippen LogP contribution in [-0.4, -0.2) is 47.9 Å². The van der Waals surface area contributed by atoms with Gasteiger partial charge < -0.3 is 24.6 Å². The van der Waals surface area contributed by atoms with E-state index in [0.29, 0.717) is 23.4 Å². The molecule has 2 aliphatic heterocycles. The lowest BCUT2D eigenvalue weighted by molar-refractivity contribution is -0.143. The lowest BCUT2D eigenvalue weighted by atomic mass is 9.82. The number of benzene rings is 3. The monoisotopic (exact) mass is 608 g/mol. The van der Waals surface area contributed by atoms with Gasteiger partial charge in [-0.1, -0.05) is 37.6 Å². The van der Waals surface area contributed by atoms with E-state index in [1.807, 2.05) is 55.1 Å². The number of anilines is 1. The van der Waals surface area contributed by atoms with E-state index in [0.717, 1.165) is 41.0 Å². The van der Waals surface area contributed by atoms with Crippen LogP contribution in [-0.2, 0) is 22.4 Å². The maximum atomic E-state index is 15.0. The number of ether oxygens (including phenoxy) is 3.